The van der Waals surface area contributed by atoms with Crippen LogP contribution in [-0.2, 0) is 15.1 Å². The summed E-state index contributed by atoms with van der Waals surface area (Å²) >= 11 is 0. The predicted molar refractivity (Wildman–Crippen MR) is 158 cm³/mol. The quantitative estimate of drug-likeness (QED) is 0.247. The molecular formula is C33H34N6O2. The van der Waals surface area contributed by atoms with E-state index in [2.05, 4.69) is 97.0 Å². The van der Waals surface area contributed by atoms with Crippen LogP contribution in [0.15, 0.2) is 104 Å². The van der Waals surface area contributed by atoms with Crippen molar-refractivity contribution in [2.75, 3.05) is 19.0 Å². The van der Waals surface area contributed by atoms with Gasteiger partial charge in [-0.3, -0.25) is 4.57 Å². The number of imidazole rings is 1. The van der Waals surface area contributed by atoms with Crippen molar-refractivity contribution in [3.8, 4) is 0 Å². The van der Waals surface area contributed by atoms with E-state index in [4.69, 9.17) is 24.5 Å². The number of aromatic nitrogens is 4. The fourth-order valence-corrected chi connectivity index (χ4v) is 6.93. The maximum atomic E-state index is 6.76. The molecule has 2 aromatic heterocycles. The average Bonchev–Trinajstić information content (AvgIpc) is 3.69. The van der Waals surface area contributed by atoms with Gasteiger partial charge in [0, 0.05) is 5.92 Å². The van der Waals surface area contributed by atoms with E-state index in [1.807, 2.05) is 29.1 Å². The zero-order valence-corrected chi connectivity index (χ0v) is 23.5. The third kappa shape index (κ3) is 3.89. The van der Waals surface area contributed by atoms with Gasteiger partial charge in [-0.15, -0.1) is 0 Å². The molecule has 2 fully saturated rings. The normalized spacial score (nSPS) is 24.2. The van der Waals surface area contributed by atoms with E-state index in [9.17, 15) is 0 Å². The fraction of sp³-hybridized carbons (Fsp3) is 0.303. The number of benzene rings is 3. The lowest BCUT2D eigenvalue weighted by atomic mass is 9.77. The maximum absolute atomic E-state index is 6.76. The molecule has 0 radical (unpaired) electrons. The number of morpholine rings is 1. The Labute approximate surface area is 239 Å². The van der Waals surface area contributed by atoms with Gasteiger partial charge in [-0.2, -0.15) is 5.06 Å². The molecule has 8 nitrogen and oxygen atoms in total. The highest BCUT2D eigenvalue weighted by Crippen LogP contribution is 2.52. The Hall–Kier alpha value is -4.11. The molecule has 0 unspecified atom stereocenters. The first-order valence-corrected chi connectivity index (χ1v) is 14.2. The van der Waals surface area contributed by atoms with Crippen molar-refractivity contribution in [2.45, 2.75) is 43.7 Å². The van der Waals surface area contributed by atoms with E-state index in [1.54, 1.807) is 13.4 Å². The van der Waals surface area contributed by atoms with Gasteiger partial charge in [0.05, 0.1) is 31.6 Å². The molecule has 7 rings (SSSR count). The van der Waals surface area contributed by atoms with E-state index in [-0.39, 0.29) is 17.9 Å². The summed E-state index contributed by atoms with van der Waals surface area (Å²) < 4.78 is 8.81. The number of hydrogen-bond donors (Lipinski definition) is 1. The van der Waals surface area contributed by atoms with E-state index >= 15 is 0 Å². The smallest absolute Gasteiger partial charge is 0.167 e. The Bertz CT molecular complexity index is 1550. The van der Waals surface area contributed by atoms with Crippen LogP contribution >= 0.6 is 0 Å². The molecule has 41 heavy (non-hydrogen) atoms. The minimum Gasteiger partial charge on any atom is -0.351 e. The van der Waals surface area contributed by atoms with Crippen LogP contribution in [0.5, 0.6) is 0 Å². The van der Waals surface area contributed by atoms with E-state index < -0.39 is 5.54 Å². The zero-order valence-electron chi connectivity index (χ0n) is 23.5. The van der Waals surface area contributed by atoms with Gasteiger partial charge in [0.1, 0.15) is 11.9 Å². The number of nitrogens with one attached hydrogen (secondary N) is 1. The molecule has 5 aromatic rings. The molecule has 4 heterocycles. The van der Waals surface area contributed by atoms with Gasteiger partial charge in [-0.1, -0.05) is 105 Å². The zero-order chi connectivity index (χ0) is 28.0. The molecule has 0 spiro atoms. The van der Waals surface area contributed by atoms with Gasteiger partial charge in [0.2, 0.25) is 0 Å². The topological polar surface area (TPSA) is 77.3 Å². The minimum atomic E-state index is -0.731. The Morgan fingerprint density at radius 3 is 2.00 bits per heavy atom. The molecule has 4 atom stereocenters. The van der Waals surface area contributed by atoms with Crippen LogP contribution in [0.3, 0.4) is 0 Å². The number of hydrogen-bond acceptors (Lipinski definition) is 7. The Kier molecular flexibility index (Phi) is 6.34. The Balaban J connectivity index is 1.38. The number of rotatable bonds is 8. The first kappa shape index (κ1) is 25.8. The first-order chi connectivity index (χ1) is 20.1. The van der Waals surface area contributed by atoms with Crippen LogP contribution in [0.4, 0.5) is 5.82 Å². The molecule has 2 aliphatic rings. The van der Waals surface area contributed by atoms with Crippen LogP contribution in [0.2, 0.25) is 0 Å². The van der Waals surface area contributed by atoms with Crippen LogP contribution in [0.1, 0.15) is 43.2 Å². The maximum Gasteiger partial charge on any atom is 0.167 e. The van der Waals surface area contributed by atoms with Gasteiger partial charge in [-0.25, -0.2) is 15.0 Å². The number of nitrogens with zero attached hydrogens (tertiary/aromatic N) is 5. The van der Waals surface area contributed by atoms with E-state index in [0.717, 1.165) is 35.3 Å². The molecule has 2 saturated heterocycles. The molecule has 0 saturated carbocycles. The largest absolute Gasteiger partial charge is 0.351 e. The molecule has 2 bridgehead atoms. The Morgan fingerprint density at radius 2 is 1.49 bits per heavy atom. The van der Waals surface area contributed by atoms with Crippen molar-refractivity contribution in [1.82, 2.24) is 24.6 Å². The van der Waals surface area contributed by atoms with Gasteiger partial charge in [0.15, 0.2) is 23.2 Å². The van der Waals surface area contributed by atoms with Crippen LogP contribution in [0.25, 0.3) is 11.2 Å². The summed E-state index contributed by atoms with van der Waals surface area (Å²) in [5, 5.41) is 5.92. The predicted octanol–water partition coefficient (Wildman–Crippen LogP) is 5.79. The van der Waals surface area contributed by atoms with Crippen molar-refractivity contribution in [2.24, 2.45) is 5.92 Å². The molecule has 2 aliphatic heterocycles. The molecule has 208 valence electrons. The number of anilines is 1. The van der Waals surface area contributed by atoms with Crippen LogP contribution < -0.4 is 5.32 Å². The van der Waals surface area contributed by atoms with Gasteiger partial charge in [0.25, 0.3) is 0 Å². The highest BCUT2D eigenvalue weighted by Gasteiger charge is 2.62. The van der Waals surface area contributed by atoms with Crippen LogP contribution in [0, 0.1) is 5.92 Å². The van der Waals surface area contributed by atoms with Crippen molar-refractivity contribution < 1.29 is 9.57 Å². The standard InChI is InChI=1S/C33H34N6O2/c1-4-32-20-39(40-3)28(23(32)2)31(41-32)38-22-36-27-29(34-21-35-30(27)38)37-33(24-14-8-5-9-15-24,25-16-10-6-11-17-25)26-18-12-7-13-19-26/h5-19,21-23,28,31H,4,20H2,1-3H3,(H,34,35,37)/t23-,28+,31-,32-/m1/s1. The number of hydroxylamine groups is 2. The average molecular weight is 547 g/mol. The van der Waals surface area contributed by atoms with E-state index in [0.29, 0.717) is 17.3 Å². The van der Waals surface area contributed by atoms with Crippen molar-refractivity contribution in [1.29, 1.82) is 0 Å². The highest BCUT2D eigenvalue weighted by atomic mass is 16.7. The molecule has 0 aliphatic carbocycles. The Morgan fingerprint density at radius 1 is 0.902 bits per heavy atom. The van der Waals surface area contributed by atoms with Crippen molar-refractivity contribution in [3.05, 3.63) is 120 Å². The minimum absolute atomic E-state index is 0.0563. The number of fused-ring (bicyclic) bond motifs is 3. The third-order valence-electron chi connectivity index (χ3n) is 9.14. The lowest BCUT2D eigenvalue weighted by Crippen LogP contribution is -2.44. The van der Waals surface area contributed by atoms with Crippen LogP contribution in [-0.4, -0.2) is 49.9 Å². The molecule has 3 aromatic carbocycles. The monoisotopic (exact) mass is 546 g/mol. The molecule has 1 N–H and O–H groups in total. The summed E-state index contributed by atoms with van der Waals surface area (Å²) in [6, 6.07) is 31.5. The molecular weight excluding hydrogens is 512 g/mol. The lowest BCUT2D eigenvalue weighted by Gasteiger charge is -2.37. The lowest BCUT2D eigenvalue weighted by molar-refractivity contribution is -0.234. The second kappa shape index (κ2) is 10.1. The second-order valence-corrected chi connectivity index (χ2v) is 11.0. The van der Waals surface area contributed by atoms with E-state index in [1.165, 1.54) is 0 Å². The van der Waals surface area contributed by atoms with Gasteiger partial charge >= 0.3 is 0 Å². The van der Waals surface area contributed by atoms with Crippen molar-refractivity contribution >= 4 is 17.0 Å². The van der Waals surface area contributed by atoms with Gasteiger partial charge in [-0.05, 0) is 23.1 Å². The first-order valence-electron chi connectivity index (χ1n) is 14.2. The summed E-state index contributed by atoms with van der Waals surface area (Å²) in [4.78, 5) is 20.1. The number of ether oxygens (including phenoxy) is 1. The molecule has 0 amide bonds. The van der Waals surface area contributed by atoms with Gasteiger partial charge < -0.3 is 14.9 Å². The van der Waals surface area contributed by atoms with Crippen molar-refractivity contribution in [3.63, 3.8) is 0 Å². The molecule has 8 heteroatoms. The summed E-state index contributed by atoms with van der Waals surface area (Å²) in [6.45, 7) is 5.19. The summed E-state index contributed by atoms with van der Waals surface area (Å²) in [6.07, 6.45) is 4.07. The second-order valence-electron chi connectivity index (χ2n) is 11.0. The summed E-state index contributed by atoms with van der Waals surface area (Å²) in [7, 11) is 1.74. The highest BCUT2D eigenvalue weighted by molar-refractivity contribution is 5.84. The fourth-order valence-electron chi connectivity index (χ4n) is 6.93. The summed E-state index contributed by atoms with van der Waals surface area (Å²) in [5.74, 6) is 0.951. The third-order valence-corrected chi connectivity index (χ3v) is 9.14. The summed E-state index contributed by atoms with van der Waals surface area (Å²) in [5.41, 5.74) is 3.69. The SMILES string of the molecule is CC[C@]12CN(OC)[C@H]([C@H](n3cnc4c(NC(c5ccccc5)(c5ccccc5)c5ccccc5)ncnc43)O1)[C@H]2C.